The molecule has 5 heteroatoms. The first-order chi connectivity index (χ1) is 9.82. The van der Waals surface area contributed by atoms with Gasteiger partial charge in [0.15, 0.2) is 0 Å². The summed E-state index contributed by atoms with van der Waals surface area (Å²) in [6.45, 7) is 9.56. The maximum absolute atomic E-state index is 13.2. The summed E-state index contributed by atoms with van der Waals surface area (Å²) in [4.78, 5) is 0.507. The van der Waals surface area contributed by atoms with E-state index in [0.29, 0.717) is 10.8 Å². The highest BCUT2D eigenvalue weighted by Gasteiger charge is 2.48. The Morgan fingerprint density at radius 1 is 1.14 bits per heavy atom. The summed E-state index contributed by atoms with van der Waals surface area (Å²) < 4.78 is 28.2. The molecule has 0 saturated carbocycles. The first-order valence-electron chi connectivity index (χ1n) is 7.64. The largest absolute Gasteiger partial charge is 0.315 e. The quantitative estimate of drug-likeness (QED) is 0.909. The minimum Gasteiger partial charge on any atom is -0.315 e. The highest BCUT2D eigenvalue weighted by Crippen LogP contribution is 2.38. The maximum Gasteiger partial charge on any atom is 0.244 e. The van der Waals surface area contributed by atoms with Crippen molar-refractivity contribution in [3.05, 3.63) is 28.8 Å². The fourth-order valence-electron chi connectivity index (χ4n) is 4.22. The van der Waals surface area contributed by atoms with Gasteiger partial charge >= 0.3 is 0 Å². The Kier molecular flexibility index (Phi) is 3.62. The van der Waals surface area contributed by atoms with Gasteiger partial charge in [0, 0.05) is 18.6 Å². The molecule has 1 aromatic carbocycles. The molecular formula is C16H24N2O2S. The third-order valence-electron chi connectivity index (χ3n) is 4.85. The SMILES string of the molecule is Cc1cc(C)c(S(=O)(=O)N2C(C)CC3CNCC32)c(C)c1. The van der Waals surface area contributed by atoms with Crippen LogP contribution in [0.2, 0.25) is 0 Å². The van der Waals surface area contributed by atoms with Crippen LogP contribution in [0, 0.1) is 26.7 Å². The van der Waals surface area contributed by atoms with Crippen molar-refractivity contribution in [2.45, 2.75) is 51.1 Å². The second-order valence-corrected chi connectivity index (χ2v) is 8.41. The van der Waals surface area contributed by atoms with Crippen molar-refractivity contribution in [3.8, 4) is 0 Å². The molecule has 4 nitrogen and oxygen atoms in total. The predicted molar refractivity (Wildman–Crippen MR) is 83.9 cm³/mol. The molecule has 0 radical (unpaired) electrons. The number of nitrogens with one attached hydrogen (secondary N) is 1. The molecule has 2 aliphatic rings. The zero-order chi connectivity index (χ0) is 15.4. The number of fused-ring (bicyclic) bond motifs is 1. The van der Waals surface area contributed by atoms with Crippen LogP contribution in [0.3, 0.4) is 0 Å². The summed E-state index contributed by atoms with van der Waals surface area (Å²) in [7, 11) is -3.43. The van der Waals surface area contributed by atoms with Crippen LogP contribution >= 0.6 is 0 Å². The highest BCUT2D eigenvalue weighted by molar-refractivity contribution is 7.89. The lowest BCUT2D eigenvalue weighted by Gasteiger charge is -2.28. The van der Waals surface area contributed by atoms with Gasteiger partial charge in [0.05, 0.1) is 4.90 Å². The summed E-state index contributed by atoms with van der Waals surface area (Å²) in [6, 6.07) is 4.13. The van der Waals surface area contributed by atoms with Crippen molar-refractivity contribution in [2.24, 2.45) is 5.92 Å². The predicted octanol–water partition coefficient (Wildman–Crippen LogP) is 1.98. The number of benzene rings is 1. The molecule has 2 aliphatic heterocycles. The molecule has 3 unspecified atom stereocenters. The second kappa shape index (κ2) is 5.07. The average molecular weight is 308 g/mol. The van der Waals surface area contributed by atoms with Crippen molar-refractivity contribution in [2.75, 3.05) is 13.1 Å². The van der Waals surface area contributed by atoms with E-state index in [1.54, 1.807) is 4.31 Å². The van der Waals surface area contributed by atoms with Gasteiger partial charge in [-0.3, -0.25) is 0 Å². The van der Waals surface area contributed by atoms with Crippen LogP contribution in [-0.2, 0) is 10.0 Å². The van der Waals surface area contributed by atoms with Gasteiger partial charge in [-0.05, 0) is 57.7 Å². The number of aryl methyl sites for hydroxylation is 3. The van der Waals surface area contributed by atoms with Gasteiger partial charge in [-0.2, -0.15) is 4.31 Å². The van der Waals surface area contributed by atoms with Crippen molar-refractivity contribution >= 4 is 10.0 Å². The van der Waals surface area contributed by atoms with Gasteiger partial charge in [-0.25, -0.2) is 8.42 Å². The van der Waals surface area contributed by atoms with Crippen molar-refractivity contribution in [3.63, 3.8) is 0 Å². The summed E-state index contributed by atoms with van der Waals surface area (Å²) in [5.41, 5.74) is 2.82. The zero-order valence-corrected chi connectivity index (χ0v) is 14.0. The molecule has 0 aliphatic carbocycles. The van der Waals surface area contributed by atoms with Crippen LogP contribution in [0.15, 0.2) is 17.0 Å². The van der Waals surface area contributed by atoms with Gasteiger partial charge in [-0.1, -0.05) is 17.7 Å². The smallest absolute Gasteiger partial charge is 0.244 e. The topological polar surface area (TPSA) is 49.4 Å². The van der Waals surface area contributed by atoms with Crippen molar-refractivity contribution in [1.29, 1.82) is 0 Å². The van der Waals surface area contributed by atoms with E-state index in [1.165, 1.54) is 0 Å². The third-order valence-corrected chi connectivity index (χ3v) is 7.20. The lowest BCUT2D eigenvalue weighted by atomic mass is 10.0. The molecule has 2 heterocycles. The highest BCUT2D eigenvalue weighted by atomic mass is 32.2. The summed E-state index contributed by atoms with van der Waals surface area (Å²) >= 11 is 0. The summed E-state index contributed by atoms with van der Waals surface area (Å²) in [5, 5.41) is 3.33. The Morgan fingerprint density at radius 2 is 1.76 bits per heavy atom. The fourth-order valence-corrected chi connectivity index (χ4v) is 6.53. The second-order valence-electron chi connectivity index (χ2n) is 6.63. The molecule has 3 rings (SSSR count). The van der Waals surface area contributed by atoms with E-state index in [1.807, 2.05) is 39.8 Å². The molecular weight excluding hydrogens is 284 g/mol. The third kappa shape index (κ3) is 2.31. The lowest BCUT2D eigenvalue weighted by Crippen LogP contribution is -2.43. The lowest BCUT2D eigenvalue weighted by molar-refractivity contribution is 0.335. The minimum atomic E-state index is -3.43. The van der Waals surface area contributed by atoms with Crippen LogP contribution in [0.5, 0.6) is 0 Å². The zero-order valence-electron chi connectivity index (χ0n) is 13.2. The average Bonchev–Trinajstić information content (AvgIpc) is 2.85. The van der Waals surface area contributed by atoms with Crippen molar-refractivity contribution < 1.29 is 8.42 Å². The van der Waals surface area contributed by atoms with E-state index in [9.17, 15) is 8.42 Å². The van der Waals surface area contributed by atoms with Crippen molar-refractivity contribution in [1.82, 2.24) is 9.62 Å². The fraction of sp³-hybridized carbons (Fsp3) is 0.625. The monoisotopic (exact) mass is 308 g/mol. The Morgan fingerprint density at radius 3 is 2.38 bits per heavy atom. The van der Waals surface area contributed by atoms with Crippen LogP contribution in [-0.4, -0.2) is 37.9 Å². The number of sulfonamides is 1. The molecule has 116 valence electrons. The molecule has 0 spiro atoms. The molecule has 2 fully saturated rings. The van der Waals surface area contributed by atoms with Gasteiger partial charge in [0.2, 0.25) is 10.0 Å². The Hall–Kier alpha value is -0.910. The van der Waals surface area contributed by atoms with Gasteiger partial charge in [-0.15, -0.1) is 0 Å². The number of nitrogens with zero attached hydrogens (tertiary/aromatic N) is 1. The molecule has 2 saturated heterocycles. The standard InChI is InChI=1S/C16H24N2O2S/c1-10-5-11(2)16(12(3)6-10)21(19,20)18-13(4)7-14-8-17-9-15(14)18/h5-6,13-15,17H,7-9H2,1-4H3. The molecule has 3 atom stereocenters. The van der Waals surface area contributed by atoms with Crippen LogP contribution in [0.25, 0.3) is 0 Å². The number of rotatable bonds is 2. The molecule has 0 amide bonds. The number of hydrogen-bond donors (Lipinski definition) is 1. The van der Waals surface area contributed by atoms with E-state index in [-0.39, 0.29) is 12.1 Å². The van der Waals surface area contributed by atoms with Crippen LogP contribution in [0.1, 0.15) is 30.0 Å². The molecule has 0 aromatic heterocycles. The Balaban J connectivity index is 2.09. The normalized spacial score (nSPS) is 29.8. The Labute approximate surface area is 127 Å². The molecule has 1 aromatic rings. The van der Waals surface area contributed by atoms with E-state index in [2.05, 4.69) is 5.32 Å². The first-order valence-corrected chi connectivity index (χ1v) is 9.08. The van der Waals surface area contributed by atoms with E-state index in [0.717, 1.165) is 36.2 Å². The van der Waals surface area contributed by atoms with E-state index < -0.39 is 10.0 Å². The van der Waals surface area contributed by atoms with E-state index in [4.69, 9.17) is 0 Å². The molecule has 1 N–H and O–H groups in total. The summed E-state index contributed by atoms with van der Waals surface area (Å²) in [5.74, 6) is 0.459. The van der Waals surface area contributed by atoms with Gasteiger partial charge in [0.1, 0.15) is 0 Å². The van der Waals surface area contributed by atoms with E-state index >= 15 is 0 Å². The van der Waals surface area contributed by atoms with Crippen LogP contribution in [0.4, 0.5) is 0 Å². The number of hydrogen-bond acceptors (Lipinski definition) is 3. The van der Waals surface area contributed by atoms with Gasteiger partial charge in [0.25, 0.3) is 0 Å². The minimum absolute atomic E-state index is 0.0900. The molecule has 0 bridgehead atoms. The first kappa shape index (κ1) is 15.0. The van der Waals surface area contributed by atoms with Gasteiger partial charge < -0.3 is 5.32 Å². The molecule has 21 heavy (non-hydrogen) atoms. The maximum atomic E-state index is 13.2. The Bertz CT molecular complexity index is 646. The summed E-state index contributed by atoms with van der Waals surface area (Å²) in [6.07, 6.45) is 0.959. The van der Waals surface area contributed by atoms with Crippen LogP contribution < -0.4 is 5.32 Å².